The number of hydrogen-bond donors (Lipinski definition) is 2. The van der Waals surface area contributed by atoms with Crippen LogP contribution in [0, 0.1) is 0 Å². The highest BCUT2D eigenvalue weighted by Crippen LogP contribution is 2.17. The van der Waals surface area contributed by atoms with Gasteiger partial charge < -0.3 is 15.5 Å². The Morgan fingerprint density at radius 1 is 1.23 bits per heavy atom. The minimum absolute atomic E-state index is 0.0979. The summed E-state index contributed by atoms with van der Waals surface area (Å²) in [4.78, 5) is 25.5. The Kier molecular flexibility index (Phi) is 6.21. The third kappa shape index (κ3) is 4.71. The summed E-state index contributed by atoms with van der Waals surface area (Å²) in [5.74, 6) is 0.0515. The van der Waals surface area contributed by atoms with E-state index in [1.54, 1.807) is 31.3 Å². The van der Waals surface area contributed by atoms with Crippen molar-refractivity contribution in [3.8, 4) is 0 Å². The summed E-state index contributed by atoms with van der Waals surface area (Å²) in [5, 5.41) is 5.35. The van der Waals surface area contributed by atoms with Crippen LogP contribution < -0.4 is 10.6 Å². The summed E-state index contributed by atoms with van der Waals surface area (Å²) in [6.45, 7) is 1.99. The van der Waals surface area contributed by atoms with Crippen molar-refractivity contribution in [1.29, 1.82) is 0 Å². The molecule has 1 fully saturated rings. The van der Waals surface area contributed by atoms with E-state index in [0.717, 1.165) is 17.4 Å². The molecule has 2 N–H and O–H groups in total. The third-order valence-electron chi connectivity index (χ3n) is 3.35. The number of amides is 2. The first kappa shape index (κ1) is 16.8. The average molecular weight is 337 g/mol. The van der Waals surface area contributed by atoms with Crippen molar-refractivity contribution in [2.75, 3.05) is 31.2 Å². The molecule has 0 radical (unpaired) electrons. The quantitative estimate of drug-likeness (QED) is 0.824. The van der Waals surface area contributed by atoms with Crippen molar-refractivity contribution >= 4 is 45.8 Å². The van der Waals surface area contributed by atoms with Gasteiger partial charge in [0.05, 0.1) is 5.75 Å². The molecule has 0 aliphatic carbocycles. The lowest BCUT2D eigenvalue weighted by atomic mass is 10.2. The lowest BCUT2D eigenvalue weighted by Crippen LogP contribution is -2.25. The monoisotopic (exact) mass is 337 g/mol. The molecule has 7 heteroatoms. The van der Waals surface area contributed by atoms with Crippen molar-refractivity contribution in [3.05, 3.63) is 29.8 Å². The number of anilines is 1. The molecule has 5 nitrogen and oxygen atoms in total. The summed E-state index contributed by atoms with van der Waals surface area (Å²) in [6, 6.07) is 6.78. The summed E-state index contributed by atoms with van der Waals surface area (Å²) >= 11 is 6.71. The van der Waals surface area contributed by atoms with Crippen molar-refractivity contribution in [3.63, 3.8) is 0 Å². The molecule has 1 aromatic rings. The smallest absolute Gasteiger partial charge is 0.251 e. The fraction of sp³-hybridized carbons (Fsp3) is 0.400. The summed E-state index contributed by atoms with van der Waals surface area (Å²) < 4.78 is 0.794. The Balaban J connectivity index is 1.79. The Labute approximate surface area is 139 Å². The van der Waals surface area contributed by atoms with Crippen LogP contribution >= 0.6 is 24.0 Å². The van der Waals surface area contributed by atoms with Crippen LogP contribution in [0.4, 0.5) is 5.69 Å². The van der Waals surface area contributed by atoms with Gasteiger partial charge in [-0.05, 0) is 37.1 Å². The van der Waals surface area contributed by atoms with Crippen LogP contribution in [0.1, 0.15) is 23.2 Å². The number of thioether (sulfide) groups is 1. The van der Waals surface area contributed by atoms with E-state index in [-0.39, 0.29) is 11.8 Å². The molecule has 1 aliphatic rings. The highest BCUT2D eigenvalue weighted by atomic mass is 32.2. The fourth-order valence-corrected chi connectivity index (χ4v) is 3.22. The first-order valence-electron chi connectivity index (χ1n) is 7.14. The van der Waals surface area contributed by atoms with Gasteiger partial charge >= 0.3 is 0 Å². The maximum atomic E-state index is 11.9. The van der Waals surface area contributed by atoms with Gasteiger partial charge in [-0.3, -0.25) is 9.59 Å². The average Bonchev–Trinajstić information content (AvgIpc) is 3.07. The maximum Gasteiger partial charge on any atom is 0.251 e. The van der Waals surface area contributed by atoms with Crippen molar-refractivity contribution < 1.29 is 9.59 Å². The zero-order valence-electron chi connectivity index (χ0n) is 12.4. The van der Waals surface area contributed by atoms with Gasteiger partial charge in [0.15, 0.2) is 0 Å². The second-order valence-electron chi connectivity index (χ2n) is 4.95. The van der Waals surface area contributed by atoms with Gasteiger partial charge in [0.1, 0.15) is 4.32 Å². The first-order valence-corrected chi connectivity index (χ1v) is 8.53. The van der Waals surface area contributed by atoms with Crippen LogP contribution in [0.2, 0.25) is 0 Å². The van der Waals surface area contributed by atoms with Crippen LogP contribution in [-0.2, 0) is 4.79 Å². The van der Waals surface area contributed by atoms with E-state index >= 15 is 0 Å². The van der Waals surface area contributed by atoms with Gasteiger partial charge in [0.25, 0.3) is 5.91 Å². The standard InChI is InChI=1S/C15H19N3O2S2/c1-16-14(20)11-4-6-12(7-5-11)17-13(19)10-22-15(21)18-8-2-3-9-18/h4-7H,2-3,8-10H2,1H3,(H,16,20)(H,17,19). The highest BCUT2D eigenvalue weighted by Gasteiger charge is 2.16. The van der Waals surface area contributed by atoms with E-state index in [4.69, 9.17) is 12.2 Å². The number of hydrogen-bond acceptors (Lipinski definition) is 4. The largest absolute Gasteiger partial charge is 0.358 e. The first-order chi connectivity index (χ1) is 10.6. The van der Waals surface area contributed by atoms with Gasteiger partial charge in [0.2, 0.25) is 5.91 Å². The fourth-order valence-electron chi connectivity index (χ4n) is 2.16. The summed E-state index contributed by atoms with van der Waals surface area (Å²) in [5.41, 5.74) is 1.23. The lowest BCUT2D eigenvalue weighted by molar-refractivity contribution is -0.113. The molecule has 0 aromatic heterocycles. The number of nitrogens with zero attached hydrogens (tertiary/aromatic N) is 1. The van der Waals surface area contributed by atoms with E-state index in [9.17, 15) is 9.59 Å². The number of likely N-dealkylation sites (tertiary alicyclic amines) is 1. The number of carbonyl (C=O) groups is 2. The van der Waals surface area contributed by atoms with Gasteiger partial charge in [-0.1, -0.05) is 24.0 Å². The SMILES string of the molecule is CNC(=O)c1ccc(NC(=O)CSC(=S)N2CCCC2)cc1. The van der Waals surface area contributed by atoms with E-state index in [0.29, 0.717) is 17.0 Å². The van der Waals surface area contributed by atoms with E-state index < -0.39 is 0 Å². The number of nitrogens with one attached hydrogen (secondary N) is 2. The van der Waals surface area contributed by atoms with Crippen LogP contribution in [0.5, 0.6) is 0 Å². The zero-order valence-corrected chi connectivity index (χ0v) is 14.1. The number of carbonyl (C=O) groups excluding carboxylic acids is 2. The topological polar surface area (TPSA) is 61.4 Å². The molecular formula is C15H19N3O2S2. The predicted molar refractivity (Wildman–Crippen MR) is 94.3 cm³/mol. The molecule has 2 rings (SSSR count). The van der Waals surface area contributed by atoms with Gasteiger partial charge in [-0.2, -0.15) is 0 Å². The van der Waals surface area contributed by atoms with Gasteiger partial charge in [-0.15, -0.1) is 0 Å². The molecule has 1 aromatic carbocycles. The van der Waals surface area contributed by atoms with Gasteiger partial charge in [0, 0.05) is 31.4 Å². The van der Waals surface area contributed by atoms with Crippen molar-refractivity contribution in [2.24, 2.45) is 0 Å². The van der Waals surface area contributed by atoms with E-state index in [1.165, 1.54) is 24.6 Å². The number of thiocarbonyl (C=S) groups is 1. The number of benzene rings is 1. The van der Waals surface area contributed by atoms with Gasteiger partial charge in [-0.25, -0.2) is 0 Å². The van der Waals surface area contributed by atoms with Crippen LogP contribution in [-0.4, -0.2) is 46.9 Å². The van der Waals surface area contributed by atoms with E-state index in [1.807, 2.05) is 0 Å². The van der Waals surface area contributed by atoms with Crippen LogP contribution in [0.25, 0.3) is 0 Å². The molecule has 1 saturated heterocycles. The Hall–Kier alpha value is -1.60. The minimum Gasteiger partial charge on any atom is -0.358 e. The number of rotatable bonds is 4. The third-order valence-corrected chi connectivity index (χ3v) is 4.87. The molecule has 1 heterocycles. The van der Waals surface area contributed by atoms with E-state index in [2.05, 4.69) is 15.5 Å². The Morgan fingerprint density at radius 3 is 2.45 bits per heavy atom. The Morgan fingerprint density at radius 2 is 1.86 bits per heavy atom. The maximum absolute atomic E-state index is 11.9. The highest BCUT2D eigenvalue weighted by molar-refractivity contribution is 8.23. The Bertz CT molecular complexity index is 554. The van der Waals surface area contributed by atoms with Crippen molar-refractivity contribution in [2.45, 2.75) is 12.8 Å². The molecule has 22 heavy (non-hydrogen) atoms. The molecule has 1 aliphatic heterocycles. The lowest BCUT2D eigenvalue weighted by Gasteiger charge is -2.17. The summed E-state index contributed by atoms with van der Waals surface area (Å²) in [7, 11) is 1.58. The van der Waals surface area contributed by atoms with Crippen LogP contribution in [0.15, 0.2) is 24.3 Å². The molecule has 0 spiro atoms. The zero-order chi connectivity index (χ0) is 15.9. The molecule has 0 unspecified atom stereocenters. The normalized spacial score (nSPS) is 13.8. The minimum atomic E-state index is -0.149. The predicted octanol–water partition coefficient (Wildman–Crippen LogP) is 2.10. The second kappa shape index (κ2) is 8.14. The molecule has 118 valence electrons. The molecule has 0 atom stereocenters. The molecule has 0 bridgehead atoms. The molecular weight excluding hydrogens is 318 g/mol. The molecule has 0 saturated carbocycles. The van der Waals surface area contributed by atoms with Crippen LogP contribution in [0.3, 0.4) is 0 Å². The van der Waals surface area contributed by atoms with Crippen molar-refractivity contribution in [1.82, 2.24) is 10.2 Å². The summed E-state index contributed by atoms with van der Waals surface area (Å²) in [6.07, 6.45) is 2.34. The second-order valence-corrected chi connectivity index (χ2v) is 6.56. The molecule has 2 amide bonds.